The van der Waals surface area contributed by atoms with Crippen molar-refractivity contribution in [1.29, 1.82) is 0 Å². The first kappa shape index (κ1) is 19.7. The van der Waals surface area contributed by atoms with Crippen molar-refractivity contribution >= 4 is 45.8 Å². The van der Waals surface area contributed by atoms with Crippen molar-refractivity contribution in [3.63, 3.8) is 0 Å². The standard InChI is InChI=1S/C21H21N3O3S2/c1-13-17(20(26)27-2)18(24-9-5-11-29-21(24)22-13)14-6-3-7-15(12-14)23-19(25)16-8-4-10-28-16/h3-4,6-8,10,12,18H,5,9,11H2,1-2H3,(H,23,25). The Hall–Kier alpha value is -2.58. The van der Waals surface area contributed by atoms with E-state index in [9.17, 15) is 9.59 Å². The number of amidine groups is 1. The summed E-state index contributed by atoms with van der Waals surface area (Å²) in [6, 6.07) is 11.0. The van der Waals surface area contributed by atoms with Crippen LogP contribution in [0.2, 0.25) is 0 Å². The van der Waals surface area contributed by atoms with Gasteiger partial charge in [-0.1, -0.05) is 30.0 Å². The molecule has 1 fully saturated rings. The van der Waals surface area contributed by atoms with Gasteiger partial charge in [-0.05, 0) is 42.5 Å². The minimum Gasteiger partial charge on any atom is -0.466 e. The minimum atomic E-state index is -0.376. The Morgan fingerprint density at radius 3 is 2.90 bits per heavy atom. The number of carbonyl (C=O) groups excluding carboxylic acids is 2. The summed E-state index contributed by atoms with van der Waals surface area (Å²) in [6.45, 7) is 2.66. The van der Waals surface area contributed by atoms with Gasteiger partial charge in [0.05, 0.1) is 29.3 Å². The van der Waals surface area contributed by atoms with Crippen LogP contribution in [0.3, 0.4) is 0 Å². The number of allylic oxidation sites excluding steroid dienone is 1. The molecule has 1 N–H and O–H groups in total. The summed E-state index contributed by atoms with van der Waals surface area (Å²) < 4.78 is 5.07. The number of ether oxygens (including phenoxy) is 1. The number of esters is 1. The largest absolute Gasteiger partial charge is 0.466 e. The lowest BCUT2D eigenvalue weighted by atomic mass is 9.94. The van der Waals surface area contributed by atoms with E-state index in [1.807, 2.05) is 42.6 Å². The fourth-order valence-corrected chi connectivity index (χ4v) is 5.21. The summed E-state index contributed by atoms with van der Waals surface area (Å²) in [7, 11) is 1.39. The Labute approximate surface area is 177 Å². The van der Waals surface area contributed by atoms with E-state index in [-0.39, 0.29) is 17.9 Å². The zero-order chi connectivity index (χ0) is 20.4. The van der Waals surface area contributed by atoms with E-state index in [2.05, 4.69) is 15.2 Å². The number of carbonyl (C=O) groups is 2. The highest BCUT2D eigenvalue weighted by molar-refractivity contribution is 8.13. The molecule has 1 aromatic heterocycles. The Bertz CT molecular complexity index is 998. The van der Waals surface area contributed by atoms with E-state index < -0.39 is 0 Å². The third-order valence-corrected chi connectivity index (χ3v) is 6.81. The lowest BCUT2D eigenvalue weighted by molar-refractivity contribution is -0.136. The van der Waals surface area contributed by atoms with Crippen LogP contribution in [0.1, 0.15) is 34.6 Å². The molecule has 0 aliphatic carbocycles. The van der Waals surface area contributed by atoms with Crippen LogP contribution < -0.4 is 5.32 Å². The molecule has 1 aromatic carbocycles. The zero-order valence-corrected chi connectivity index (χ0v) is 17.8. The van der Waals surface area contributed by atoms with Crippen LogP contribution in [0.15, 0.2) is 58.0 Å². The molecule has 6 nitrogen and oxygen atoms in total. The number of fused-ring (bicyclic) bond motifs is 1. The highest BCUT2D eigenvalue weighted by Gasteiger charge is 2.37. The van der Waals surface area contributed by atoms with Gasteiger partial charge in [-0.25, -0.2) is 9.79 Å². The lowest BCUT2D eigenvalue weighted by Gasteiger charge is -2.40. The van der Waals surface area contributed by atoms with Crippen molar-refractivity contribution in [3.05, 3.63) is 63.5 Å². The van der Waals surface area contributed by atoms with Gasteiger partial charge in [0.2, 0.25) is 0 Å². The lowest BCUT2D eigenvalue weighted by Crippen LogP contribution is -2.42. The quantitative estimate of drug-likeness (QED) is 0.737. The molecule has 3 heterocycles. The van der Waals surface area contributed by atoms with Crippen LogP contribution in [-0.2, 0) is 9.53 Å². The molecule has 4 rings (SSSR count). The average Bonchev–Trinajstić information content (AvgIpc) is 3.27. The molecule has 2 aliphatic rings. The third kappa shape index (κ3) is 3.95. The number of nitrogens with zero attached hydrogens (tertiary/aromatic N) is 2. The second kappa shape index (κ2) is 8.42. The van der Waals surface area contributed by atoms with Crippen LogP contribution >= 0.6 is 23.1 Å². The maximum Gasteiger partial charge on any atom is 0.338 e. The van der Waals surface area contributed by atoms with Gasteiger partial charge in [-0.2, -0.15) is 0 Å². The second-order valence-corrected chi connectivity index (χ2v) is 8.75. The maximum absolute atomic E-state index is 12.6. The predicted octanol–water partition coefficient (Wildman–Crippen LogP) is 4.30. The van der Waals surface area contributed by atoms with E-state index in [0.29, 0.717) is 21.8 Å². The molecule has 8 heteroatoms. The molecule has 1 amide bonds. The number of aliphatic imine (C=N–C) groups is 1. The van der Waals surface area contributed by atoms with E-state index in [1.165, 1.54) is 18.4 Å². The Kier molecular flexibility index (Phi) is 5.73. The molecule has 2 aromatic rings. The smallest absolute Gasteiger partial charge is 0.338 e. The topological polar surface area (TPSA) is 71.0 Å². The minimum absolute atomic E-state index is 0.142. The predicted molar refractivity (Wildman–Crippen MR) is 117 cm³/mol. The number of rotatable bonds is 4. The Morgan fingerprint density at radius 1 is 1.28 bits per heavy atom. The number of thioether (sulfide) groups is 1. The number of amides is 1. The van der Waals surface area contributed by atoms with Crippen molar-refractivity contribution in [2.24, 2.45) is 4.99 Å². The summed E-state index contributed by atoms with van der Waals surface area (Å²) in [4.78, 5) is 32.5. The van der Waals surface area contributed by atoms with Crippen LogP contribution in [0.25, 0.3) is 0 Å². The maximum atomic E-state index is 12.6. The number of hydrogen-bond donors (Lipinski definition) is 1. The molecule has 0 spiro atoms. The molecule has 2 aliphatic heterocycles. The molecular weight excluding hydrogens is 406 g/mol. The molecule has 1 unspecified atom stereocenters. The summed E-state index contributed by atoms with van der Waals surface area (Å²) in [6.07, 6.45) is 1.02. The molecule has 0 bridgehead atoms. The fourth-order valence-electron chi connectivity index (χ4n) is 3.57. The van der Waals surface area contributed by atoms with E-state index >= 15 is 0 Å². The van der Waals surface area contributed by atoms with Crippen molar-refractivity contribution in [3.8, 4) is 0 Å². The van der Waals surface area contributed by atoms with Crippen LogP contribution in [-0.4, -0.2) is 41.4 Å². The highest BCUT2D eigenvalue weighted by atomic mass is 32.2. The van der Waals surface area contributed by atoms with Crippen molar-refractivity contribution in [2.45, 2.75) is 19.4 Å². The first-order valence-electron chi connectivity index (χ1n) is 9.30. The molecule has 1 saturated heterocycles. The van der Waals surface area contributed by atoms with Gasteiger partial charge < -0.3 is 15.0 Å². The van der Waals surface area contributed by atoms with Gasteiger partial charge in [0.15, 0.2) is 5.17 Å². The second-order valence-electron chi connectivity index (χ2n) is 6.74. The third-order valence-electron chi connectivity index (χ3n) is 4.87. The first-order chi connectivity index (χ1) is 14.1. The number of anilines is 1. The Balaban J connectivity index is 1.70. The average molecular weight is 428 g/mol. The summed E-state index contributed by atoms with van der Waals surface area (Å²) >= 11 is 3.10. The van der Waals surface area contributed by atoms with Gasteiger partial charge in [0.25, 0.3) is 5.91 Å². The van der Waals surface area contributed by atoms with Crippen molar-refractivity contribution < 1.29 is 14.3 Å². The summed E-state index contributed by atoms with van der Waals surface area (Å²) in [5.41, 5.74) is 2.83. The van der Waals surface area contributed by atoms with Crippen LogP contribution in [0.5, 0.6) is 0 Å². The molecule has 150 valence electrons. The van der Waals surface area contributed by atoms with Gasteiger partial charge in [-0.3, -0.25) is 4.79 Å². The fraction of sp³-hybridized carbons (Fsp3) is 0.286. The molecule has 0 radical (unpaired) electrons. The number of nitrogens with one attached hydrogen (secondary N) is 1. The first-order valence-corrected chi connectivity index (χ1v) is 11.2. The van der Waals surface area contributed by atoms with Gasteiger partial charge in [0, 0.05) is 18.0 Å². The van der Waals surface area contributed by atoms with E-state index in [0.717, 1.165) is 29.4 Å². The Morgan fingerprint density at radius 2 is 2.14 bits per heavy atom. The number of benzene rings is 1. The van der Waals surface area contributed by atoms with Gasteiger partial charge in [-0.15, -0.1) is 11.3 Å². The number of methoxy groups -OCH3 is 1. The molecule has 0 saturated carbocycles. The number of thiophene rings is 1. The van der Waals surface area contributed by atoms with E-state index in [4.69, 9.17) is 4.74 Å². The van der Waals surface area contributed by atoms with Crippen molar-refractivity contribution in [2.75, 3.05) is 24.7 Å². The normalized spacial score (nSPS) is 18.8. The summed E-state index contributed by atoms with van der Waals surface area (Å²) in [5.74, 6) is 0.496. The van der Waals surface area contributed by atoms with Gasteiger partial charge in [0.1, 0.15) is 0 Å². The monoisotopic (exact) mass is 427 g/mol. The molecule has 1 atom stereocenters. The SMILES string of the molecule is COC(=O)C1=C(C)N=C2SCCCN2C1c1cccc(NC(=O)c2cccs2)c1. The van der Waals surface area contributed by atoms with Crippen LogP contribution in [0.4, 0.5) is 5.69 Å². The molecular formula is C21H21N3O3S2. The highest BCUT2D eigenvalue weighted by Crippen LogP contribution is 2.40. The van der Waals surface area contributed by atoms with Gasteiger partial charge >= 0.3 is 5.97 Å². The van der Waals surface area contributed by atoms with Crippen molar-refractivity contribution in [1.82, 2.24) is 4.90 Å². The zero-order valence-electron chi connectivity index (χ0n) is 16.2. The number of hydrogen-bond acceptors (Lipinski definition) is 7. The summed E-state index contributed by atoms with van der Waals surface area (Å²) in [5, 5.41) is 5.75. The van der Waals surface area contributed by atoms with Crippen LogP contribution in [0, 0.1) is 0 Å². The van der Waals surface area contributed by atoms with E-state index in [1.54, 1.807) is 17.8 Å². The molecule has 29 heavy (non-hydrogen) atoms.